The number of rotatable bonds is 2. The molecule has 2 aliphatic rings. The minimum absolute atomic E-state index is 0.526. The van der Waals surface area contributed by atoms with Gasteiger partial charge in [0.25, 0.3) is 0 Å². The summed E-state index contributed by atoms with van der Waals surface area (Å²) in [6, 6.07) is 2.79. The van der Waals surface area contributed by atoms with Crippen LogP contribution in [0.25, 0.3) is 10.2 Å². The number of hydrazine groups is 1. The first kappa shape index (κ1) is 13.3. The number of nitrogens with one attached hydrogen (secondary N) is 1. The van der Waals surface area contributed by atoms with E-state index in [-0.39, 0.29) is 0 Å². The second-order valence-electron chi connectivity index (χ2n) is 6.10. The second-order valence-corrected chi connectivity index (χ2v) is 7.00. The van der Waals surface area contributed by atoms with Crippen LogP contribution in [-0.2, 0) is 0 Å². The van der Waals surface area contributed by atoms with Crippen LogP contribution in [0.2, 0.25) is 0 Å². The molecule has 1 aliphatic heterocycles. The van der Waals surface area contributed by atoms with Crippen molar-refractivity contribution < 1.29 is 0 Å². The molecule has 2 fully saturated rings. The lowest BCUT2D eigenvalue weighted by molar-refractivity contribution is 0.243. The maximum atomic E-state index is 5.55. The Morgan fingerprint density at radius 1 is 1.19 bits per heavy atom. The summed E-state index contributed by atoms with van der Waals surface area (Å²) in [6.45, 7) is 1.10. The van der Waals surface area contributed by atoms with Crippen molar-refractivity contribution in [3.05, 3.63) is 11.4 Å². The van der Waals surface area contributed by atoms with Crippen LogP contribution in [0.1, 0.15) is 38.5 Å². The SMILES string of the molecule is NNc1nc(N2CCCC3CCCCC32)c2ccsc2n1. The highest BCUT2D eigenvalue weighted by Gasteiger charge is 2.34. The summed E-state index contributed by atoms with van der Waals surface area (Å²) in [5.74, 6) is 7.99. The number of fused-ring (bicyclic) bond motifs is 2. The molecule has 1 saturated heterocycles. The summed E-state index contributed by atoms with van der Waals surface area (Å²) in [4.78, 5) is 12.7. The smallest absolute Gasteiger partial charge is 0.240 e. The highest BCUT2D eigenvalue weighted by atomic mass is 32.1. The highest BCUT2D eigenvalue weighted by molar-refractivity contribution is 7.16. The topological polar surface area (TPSA) is 67.1 Å². The van der Waals surface area contributed by atoms with E-state index in [9.17, 15) is 0 Å². The van der Waals surface area contributed by atoms with E-state index in [0.29, 0.717) is 12.0 Å². The van der Waals surface area contributed by atoms with E-state index in [1.807, 2.05) is 0 Å². The van der Waals surface area contributed by atoms with Gasteiger partial charge in [-0.1, -0.05) is 12.8 Å². The Bertz CT molecular complexity index is 638. The standard InChI is InChI=1S/C15H21N5S/c16-19-15-17-13(11-7-9-21-14(11)18-15)20-8-3-5-10-4-1-2-6-12(10)20/h7,9-10,12H,1-6,8,16H2,(H,17,18,19). The summed E-state index contributed by atoms with van der Waals surface area (Å²) in [6.07, 6.45) is 8.05. The summed E-state index contributed by atoms with van der Waals surface area (Å²) < 4.78 is 0. The molecule has 2 aromatic rings. The highest BCUT2D eigenvalue weighted by Crippen LogP contribution is 2.39. The van der Waals surface area contributed by atoms with Gasteiger partial charge in [0.05, 0.1) is 5.39 Å². The van der Waals surface area contributed by atoms with E-state index in [1.165, 1.54) is 43.9 Å². The molecule has 0 spiro atoms. The molecular formula is C15H21N5S. The molecule has 0 radical (unpaired) electrons. The van der Waals surface area contributed by atoms with Gasteiger partial charge in [0, 0.05) is 12.6 Å². The van der Waals surface area contributed by atoms with Crippen LogP contribution in [0.15, 0.2) is 11.4 Å². The predicted molar refractivity (Wildman–Crippen MR) is 87.6 cm³/mol. The molecule has 2 aromatic heterocycles. The first-order chi connectivity index (χ1) is 10.4. The number of nitrogen functional groups attached to an aromatic ring is 1. The van der Waals surface area contributed by atoms with Crippen LogP contribution in [0, 0.1) is 5.92 Å². The Labute approximate surface area is 128 Å². The molecule has 6 heteroatoms. The monoisotopic (exact) mass is 303 g/mol. The Morgan fingerprint density at radius 3 is 2.95 bits per heavy atom. The summed E-state index contributed by atoms with van der Waals surface area (Å²) in [7, 11) is 0. The maximum Gasteiger partial charge on any atom is 0.240 e. The fourth-order valence-electron chi connectivity index (χ4n) is 4.01. The van der Waals surface area contributed by atoms with Crippen LogP contribution in [0.4, 0.5) is 11.8 Å². The lowest BCUT2D eigenvalue weighted by atomic mass is 9.78. The van der Waals surface area contributed by atoms with Crippen molar-refractivity contribution in [2.45, 2.75) is 44.6 Å². The Morgan fingerprint density at radius 2 is 2.05 bits per heavy atom. The molecule has 5 nitrogen and oxygen atoms in total. The summed E-state index contributed by atoms with van der Waals surface area (Å²) in [5, 5.41) is 3.26. The van der Waals surface area contributed by atoms with Crippen LogP contribution in [-0.4, -0.2) is 22.6 Å². The molecule has 3 heterocycles. The Balaban J connectivity index is 1.78. The molecule has 0 aromatic carbocycles. The van der Waals surface area contributed by atoms with E-state index in [2.05, 4.69) is 26.8 Å². The molecule has 112 valence electrons. The third kappa shape index (κ3) is 2.26. The van der Waals surface area contributed by atoms with E-state index in [0.717, 1.165) is 23.1 Å². The lowest BCUT2D eigenvalue weighted by Gasteiger charge is -2.45. The van der Waals surface area contributed by atoms with Crippen molar-refractivity contribution in [3.8, 4) is 0 Å². The maximum absolute atomic E-state index is 5.55. The lowest BCUT2D eigenvalue weighted by Crippen LogP contribution is -2.47. The number of anilines is 2. The predicted octanol–water partition coefficient (Wildman–Crippen LogP) is 3.14. The number of piperidine rings is 1. The van der Waals surface area contributed by atoms with Gasteiger partial charge < -0.3 is 4.90 Å². The minimum Gasteiger partial charge on any atom is -0.353 e. The molecule has 0 amide bonds. The zero-order valence-electron chi connectivity index (χ0n) is 12.1. The van der Waals surface area contributed by atoms with Crippen molar-refractivity contribution in [1.82, 2.24) is 9.97 Å². The van der Waals surface area contributed by atoms with E-state index in [4.69, 9.17) is 10.8 Å². The van der Waals surface area contributed by atoms with Gasteiger partial charge in [-0.3, -0.25) is 5.43 Å². The summed E-state index contributed by atoms with van der Waals surface area (Å²) in [5.41, 5.74) is 2.62. The third-order valence-corrected chi connectivity index (χ3v) is 5.76. The number of thiophene rings is 1. The molecule has 2 unspecified atom stereocenters. The number of aromatic nitrogens is 2. The zero-order chi connectivity index (χ0) is 14.2. The van der Waals surface area contributed by atoms with Crippen molar-refractivity contribution in [2.24, 2.45) is 11.8 Å². The zero-order valence-corrected chi connectivity index (χ0v) is 12.9. The van der Waals surface area contributed by atoms with Gasteiger partial charge in [-0.25, -0.2) is 10.8 Å². The average molecular weight is 303 g/mol. The van der Waals surface area contributed by atoms with Crippen LogP contribution in [0.3, 0.4) is 0 Å². The van der Waals surface area contributed by atoms with E-state index >= 15 is 0 Å². The first-order valence-corrected chi connectivity index (χ1v) is 8.73. The number of nitrogens with two attached hydrogens (primary N) is 1. The summed E-state index contributed by atoms with van der Waals surface area (Å²) >= 11 is 1.65. The van der Waals surface area contributed by atoms with Crippen LogP contribution < -0.4 is 16.2 Å². The number of hydrogen-bond donors (Lipinski definition) is 2. The van der Waals surface area contributed by atoms with Gasteiger partial charge in [-0.15, -0.1) is 11.3 Å². The van der Waals surface area contributed by atoms with E-state index < -0.39 is 0 Å². The average Bonchev–Trinajstić information content (AvgIpc) is 3.02. The second kappa shape index (κ2) is 5.42. The molecule has 2 atom stereocenters. The van der Waals surface area contributed by atoms with Crippen molar-refractivity contribution >= 4 is 33.3 Å². The molecule has 21 heavy (non-hydrogen) atoms. The molecule has 4 rings (SSSR count). The van der Waals surface area contributed by atoms with Gasteiger partial charge in [-0.2, -0.15) is 4.98 Å². The quantitative estimate of drug-likeness (QED) is 0.659. The molecule has 0 bridgehead atoms. The minimum atomic E-state index is 0.526. The number of hydrogen-bond acceptors (Lipinski definition) is 6. The van der Waals surface area contributed by atoms with E-state index in [1.54, 1.807) is 11.3 Å². The number of nitrogens with zero attached hydrogens (tertiary/aromatic N) is 3. The van der Waals surface area contributed by atoms with Crippen molar-refractivity contribution in [1.29, 1.82) is 0 Å². The first-order valence-electron chi connectivity index (χ1n) is 7.85. The molecular weight excluding hydrogens is 282 g/mol. The van der Waals surface area contributed by atoms with Crippen molar-refractivity contribution in [2.75, 3.05) is 16.9 Å². The normalized spacial score (nSPS) is 25.9. The molecule has 1 saturated carbocycles. The Hall–Kier alpha value is -1.40. The van der Waals surface area contributed by atoms with Crippen LogP contribution in [0.5, 0.6) is 0 Å². The molecule has 1 aliphatic carbocycles. The van der Waals surface area contributed by atoms with Gasteiger partial charge in [0.1, 0.15) is 10.6 Å². The fraction of sp³-hybridized carbons (Fsp3) is 0.600. The van der Waals surface area contributed by atoms with Gasteiger partial charge in [-0.05, 0) is 43.0 Å². The van der Waals surface area contributed by atoms with Gasteiger partial charge in [0.2, 0.25) is 5.95 Å². The van der Waals surface area contributed by atoms with Gasteiger partial charge >= 0.3 is 0 Å². The molecule has 3 N–H and O–H groups in total. The fourth-order valence-corrected chi connectivity index (χ4v) is 4.77. The van der Waals surface area contributed by atoms with Crippen LogP contribution >= 0.6 is 11.3 Å². The Kier molecular flexibility index (Phi) is 3.43. The van der Waals surface area contributed by atoms with Gasteiger partial charge in [0.15, 0.2) is 0 Å². The van der Waals surface area contributed by atoms with Crippen molar-refractivity contribution in [3.63, 3.8) is 0 Å². The third-order valence-electron chi connectivity index (χ3n) is 4.95. The largest absolute Gasteiger partial charge is 0.353 e.